The van der Waals surface area contributed by atoms with E-state index in [1.165, 1.54) is 57.8 Å². The average molecular weight is 469 g/mol. The zero-order valence-electron chi connectivity index (χ0n) is 22.6. The fraction of sp³-hybridized carbons (Fsp3) is 0.931. The molecule has 0 bridgehead atoms. The molecule has 0 aliphatic rings. The third-order valence-electron chi connectivity index (χ3n) is 6.79. The molecule has 0 fully saturated rings. The Morgan fingerprint density at radius 3 is 1.64 bits per heavy atom. The van der Waals surface area contributed by atoms with Crippen LogP contribution < -0.4 is 0 Å². The lowest BCUT2D eigenvalue weighted by Gasteiger charge is -2.23. The topological polar surface area (TPSA) is 52.6 Å². The van der Waals surface area contributed by atoms with Gasteiger partial charge < -0.3 is 9.47 Å². The second-order valence-corrected chi connectivity index (χ2v) is 9.71. The van der Waals surface area contributed by atoms with Crippen LogP contribution in [-0.4, -0.2) is 25.2 Å². The Morgan fingerprint density at radius 2 is 1.09 bits per heavy atom. The summed E-state index contributed by atoms with van der Waals surface area (Å²) < 4.78 is 10.9. The maximum absolute atomic E-state index is 12.5. The number of hydrogen-bond donors (Lipinski definition) is 0. The van der Waals surface area contributed by atoms with E-state index in [2.05, 4.69) is 27.7 Å². The number of rotatable bonds is 24. The molecule has 196 valence electrons. The van der Waals surface area contributed by atoms with Gasteiger partial charge in [0.05, 0.1) is 19.1 Å². The molecule has 0 rings (SSSR count). The first-order valence-electron chi connectivity index (χ1n) is 14.4. The Bertz CT molecular complexity index is 449. The lowest BCUT2D eigenvalue weighted by atomic mass is 9.84. The summed E-state index contributed by atoms with van der Waals surface area (Å²) in [6.07, 6.45) is 21.0. The first kappa shape index (κ1) is 31.9. The van der Waals surface area contributed by atoms with Crippen LogP contribution in [0.2, 0.25) is 0 Å². The predicted octanol–water partition coefficient (Wildman–Crippen LogP) is 8.80. The van der Waals surface area contributed by atoms with Crippen molar-refractivity contribution in [3.8, 4) is 0 Å². The first-order chi connectivity index (χ1) is 16.1. The van der Waals surface area contributed by atoms with Crippen molar-refractivity contribution in [2.45, 2.75) is 150 Å². The second kappa shape index (κ2) is 24.1. The maximum Gasteiger partial charge on any atom is 0.309 e. The number of unbranched alkanes of at least 4 members (excludes halogenated alkanes) is 12. The molecule has 0 aromatic rings. The molecule has 4 heteroatoms. The summed E-state index contributed by atoms with van der Waals surface area (Å²) in [5.74, 6) is 0.515. The summed E-state index contributed by atoms with van der Waals surface area (Å²) in [6.45, 7) is 9.88. The number of carbonyl (C=O) groups excluding carboxylic acids is 2. The lowest BCUT2D eigenvalue weighted by Crippen LogP contribution is -2.25. The Labute approximate surface area is 206 Å². The van der Waals surface area contributed by atoms with Crippen LogP contribution in [-0.2, 0) is 19.1 Å². The smallest absolute Gasteiger partial charge is 0.309 e. The molecule has 2 atom stereocenters. The van der Waals surface area contributed by atoms with Gasteiger partial charge >= 0.3 is 11.9 Å². The average Bonchev–Trinajstić information content (AvgIpc) is 2.81. The molecule has 0 heterocycles. The first-order valence-corrected chi connectivity index (χ1v) is 14.4. The molecular weight excluding hydrogens is 412 g/mol. The Morgan fingerprint density at radius 1 is 0.576 bits per heavy atom. The summed E-state index contributed by atoms with van der Waals surface area (Å²) in [5, 5.41) is 0. The molecule has 33 heavy (non-hydrogen) atoms. The number of carbonyl (C=O) groups is 2. The van der Waals surface area contributed by atoms with Crippen LogP contribution in [0.25, 0.3) is 0 Å². The van der Waals surface area contributed by atoms with Crippen molar-refractivity contribution < 1.29 is 19.1 Å². The van der Waals surface area contributed by atoms with Gasteiger partial charge in [0, 0.05) is 6.42 Å². The second-order valence-electron chi connectivity index (χ2n) is 9.71. The van der Waals surface area contributed by atoms with Crippen molar-refractivity contribution in [1.82, 2.24) is 0 Å². The predicted molar refractivity (Wildman–Crippen MR) is 139 cm³/mol. The van der Waals surface area contributed by atoms with Crippen LogP contribution in [0.15, 0.2) is 0 Å². The molecule has 0 spiro atoms. The summed E-state index contributed by atoms with van der Waals surface area (Å²) >= 11 is 0. The van der Waals surface area contributed by atoms with Gasteiger partial charge in [-0.05, 0) is 38.0 Å². The quantitative estimate of drug-likeness (QED) is 0.105. The molecule has 0 aliphatic carbocycles. The van der Waals surface area contributed by atoms with Crippen molar-refractivity contribution in [3.05, 3.63) is 0 Å². The van der Waals surface area contributed by atoms with Crippen LogP contribution in [0.5, 0.6) is 0 Å². The standard InChI is InChI=1S/C29H56O4/c1-5-9-11-20-24-32-28(30)23-19-17-15-13-14-16-18-22-26(7-3)27(8-4)29(31)33-25-21-12-10-6-2/h26-27H,5-25H2,1-4H3. The van der Waals surface area contributed by atoms with E-state index in [4.69, 9.17) is 9.47 Å². The van der Waals surface area contributed by atoms with Gasteiger partial charge in [0.15, 0.2) is 0 Å². The summed E-state index contributed by atoms with van der Waals surface area (Å²) in [7, 11) is 0. The molecule has 0 amide bonds. The molecule has 0 N–H and O–H groups in total. The van der Waals surface area contributed by atoms with Crippen molar-refractivity contribution in [2.24, 2.45) is 11.8 Å². The van der Waals surface area contributed by atoms with E-state index in [0.29, 0.717) is 25.6 Å². The molecular formula is C29H56O4. The monoisotopic (exact) mass is 468 g/mol. The molecule has 0 aromatic carbocycles. The van der Waals surface area contributed by atoms with Gasteiger partial charge in [0.25, 0.3) is 0 Å². The van der Waals surface area contributed by atoms with E-state index in [1.54, 1.807) is 0 Å². The minimum atomic E-state index is -0.0259. The van der Waals surface area contributed by atoms with Crippen molar-refractivity contribution in [1.29, 1.82) is 0 Å². The van der Waals surface area contributed by atoms with Crippen LogP contribution in [0, 0.1) is 11.8 Å². The van der Waals surface area contributed by atoms with Gasteiger partial charge in [0.2, 0.25) is 0 Å². The van der Waals surface area contributed by atoms with Crippen molar-refractivity contribution in [2.75, 3.05) is 13.2 Å². The van der Waals surface area contributed by atoms with E-state index < -0.39 is 0 Å². The van der Waals surface area contributed by atoms with E-state index in [1.807, 2.05) is 0 Å². The van der Waals surface area contributed by atoms with Crippen LogP contribution in [0.1, 0.15) is 150 Å². The van der Waals surface area contributed by atoms with E-state index in [9.17, 15) is 9.59 Å². The fourth-order valence-electron chi connectivity index (χ4n) is 4.54. The molecule has 2 unspecified atom stereocenters. The third-order valence-corrected chi connectivity index (χ3v) is 6.79. The Hall–Kier alpha value is -1.06. The molecule has 0 radical (unpaired) electrons. The largest absolute Gasteiger partial charge is 0.466 e. The van der Waals surface area contributed by atoms with Crippen LogP contribution in [0.3, 0.4) is 0 Å². The Kier molecular flexibility index (Phi) is 23.3. The van der Waals surface area contributed by atoms with E-state index in [-0.39, 0.29) is 17.9 Å². The molecule has 0 saturated carbocycles. The minimum Gasteiger partial charge on any atom is -0.466 e. The number of esters is 2. The third kappa shape index (κ3) is 19.0. The highest BCUT2D eigenvalue weighted by molar-refractivity contribution is 5.72. The summed E-state index contributed by atoms with van der Waals surface area (Å²) in [5.41, 5.74) is 0. The van der Waals surface area contributed by atoms with Gasteiger partial charge in [-0.15, -0.1) is 0 Å². The fourth-order valence-corrected chi connectivity index (χ4v) is 4.54. The van der Waals surface area contributed by atoms with Crippen LogP contribution >= 0.6 is 0 Å². The highest BCUT2D eigenvalue weighted by atomic mass is 16.5. The zero-order chi connectivity index (χ0) is 24.6. The van der Waals surface area contributed by atoms with Crippen molar-refractivity contribution in [3.63, 3.8) is 0 Å². The highest BCUT2D eigenvalue weighted by Gasteiger charge is 2.26. The summed E-state index contributed by atoms with van der Waals surface area (Å²) in [6, 6.07) is 0. The summed E-state index contributed by atoms with van der Waals surface area (Å²) in [4.78, 5) is 24.3. The number of hydrogen-bond acceptors (Lipinski definition) is 4. The SMILES string of the molecule is CCCCCCOC(=O)CCCCCCCCCC(CC)C(CC)C(=O)OCCCCCC. The molecule has 4 nitrogen and oxygen atoms in total. The van der Waals surface area contributed by atoms with Crippen LogP contribution in [0.4, 0.5) is 0 Å². The molecule has 0 aliphatic heterocycles. The van der Waals surface area contributed by atoms with Gasteiger partial charge in [-0.3, -0.25) is 9.59 Å². The maximum atomic E-state index is 12.5. The van der Waals surface area contributed by atoms with Gasteiger partial charge in [0.1, 0.15) is 0 Å². The lowest BCUT2D eigenvalue weighted by molar-refractivity contribution is -0.151. The normalized spacial score (nSPS) is 13.0. The zero-order valence-corrected chi connectivity index (χ0v) is 22.6. The van der Waals surface area contributed by atoms with Gasteiger partial charge in [-0.1, -0.05) is 111 Å². The minimum absolute atomic E-state index is 0.0259. The molecule has 0 aromatic heterocycles. The Balaban J connectivity index is 3.76. The van der Waals surface area contributed by atoms with Gasteiger partial charge in [-0.25, -0.2) is 0 Å². The van der Waals surface area contributed by atoms with E-state index in [0.717, 1.165) is 57.8 Å². The highest BCUT2D eigenvalue weighted by Crippen LogP contribution is 2.27. The molecule has 0 saturated heterocycles. The number of ether oxygens (including phenoxy) is 2. The van der Waals surface area contributed by atoms with E-state index >= 15 is 0 Å². The van der Waals surface area contributed by atoms with Gasteiger partial charge in [-0.2, -0.15) is 0 Å². The van der Waals surface area contributed by atoms with Crippen molar-refractivity contribution >= 4 is 11.9 Å².